The highest BCUT2D eigenvalue weighted by molar-refractivity contribution is 8.00. The molecule has 1 aliphatic rings. The number of imidazole rings is 1. The van der Waals surface area contributed by atoms with Gasteiger partial charge in [0, 0.05) is 17.3 Å². The van der Waals surface area contributed by atoms with Gasteiger partial charge in [-0.1, -0.05) is 90.6 Å². The van der Waals surface area contributed by atoms with E-state index < -0.39 is 0 Å². The molecule has 3 aromatic carbocycles. The summed E-state index contributed by atoms with van der Waals surface area (Å²) in [6.45, 7) is 0. The fraction of sp³-hybridized carbons (Fsp3) is 0.154. The molecule has 1 unspecified atom stereocenters. The molecule has 1 aliphatic carbocycles. The third kappa shape index (κ3) is 4.42. The van der Waals surface area contributed by atoms with Crippen molar-refractivity contribution < 1.29 is 4.79 Å². The molecule has 154 valence electrons. The van der Waals surface area contributed by atoms with Crippen LogP contribution in [0.2, 0.25) is 0 Å². The second-order valence-electron chi connectivity index (χ2n) is 7.65. The molecule has 0 spiro atoms. The number of para-hydroxylation sites is 1. The van der Waals surface area contributed by atoms with Crippen LogP contribution in [0.25, 0.3) is 16.9 Å². The topological polar surface area (TPSA) is 46.9 Å². The highest BCUT2D eigenvalue weighted by Crippen LogP contribution is 2.39. The molecule has 1 saturated carbocycles. The Balaban J connectivity index is 1.57. The lowest BCUT2D eigenvalue weighted by molar-refractivity contribution is -0.120. The van der Waals surface area contributed by atoms with E-state index in [-0.39, 0.29) is 11.2 Å². The van der Waals surface area contributed by atoms with E-state index in [1.165, 1.54) is 11.8 Å². The van der Waals surface area contributed by atoms with Gasteiger partial charge in [0.15, 0.2) is 5.16 Å². The Morgan fingerprint density at radius 1 is 0.903 bits per heavy atom. The Morgan fingerprint density at radius 3 is 2.16 bits per heavy atom. The smallest absolute Gasteiger partial charge is 0.238 e. The maximum Gasteiger partial charge on any atom is 0.238 e. The molecule has 1 fully saturated rings. The molecule has 0 aliphatic heterocycles. The molecule has 5 rings (SSSR count). The summed E-state index contributed by atoms with van der Waals surface area (Å²) in [5.41, 5.74) is 4.10. The maximum atomic E-state index is 13.2. The van der Waals surface area contributed by atoms with Crippen LogP contribution in [0, 0.1) is 0 Å². The second-order valence-corrected chi connectivity index (χ2v) is 8.73. The monoisotopic (exact) mass is 425 g/mol. The predicted molar refractivity (Wildman–Crippen MR) is 125 cm³/mol. The zero-order valence-electron chi connectivity index (χ0n) is 17.0. The van der Waals surface area contributed by atoms with Crippen LogP contribution >= 0.6 is 11.8 Å². The number of carbonyl (C=O) groups excluding carboxylic acids is 1. The third-order valence-electron chi connectivity index (χ3n) is 5.30. The summed E-state index contributed by atoms with van der Waals surface area (Å²) >= 11 is 1.50. The van der Waals surface area contributed by atoms with Gasteiger partial charge in [-0.25, -0.2) is 4.98 Å². The summed E-state index contributed by atoms with van der Waals surface area (Å²) < 4.78 is 2.14. The van der Waals surface area contributed by atoms with Crippen molar-refractivity contribution in [2.24, 2.45) is 0 Å². The number of hydrogen-bond donors (Lipinski definition) is 1. The summed E-state index contributed by atoms with van der Waals surface area (Å²) in [5, 5.41) is 3.60. The van der Waals surface area contributed by atoms with E-state index in [0.29, 0.717) is 6.04 Å². The highest BCUT2D eigenvalue weighted by Gasteiger charge is 2.30. The first-order chi connectivity index (χ1) is 15.3. The van der Waals surface area contributed by atoms with Gasteiger partial charge in [-0.3, -0.25) is 9.36 Å². The first-order valence-electron chi connectivity index (χ1n) is 10.5. The average molecular weight is 426 g/mol. The van der Waals surface area contributed by atoms with Gasteiger partial charge in [0.2, 0.25) is 5.91 Å². The minimum Gasteiger partial charge on any atom is -0.352 e. The number of aromatic nitrogens is 2. The fourth-order valence-corrected chi connectivity index (χ4v) is 4.67. The quantitative estimate of drug-likeness (QED) is 0.389. The van der Waals surface area contributed by atoms with Gasteiger partial charge in [-0.05, 0) is 30.5 Å². The highest BCUT2D eigenvalue weighted by atomic mass is 32.2. The molecule has 5 heteroatoms. The summed E-state index contributed by atoms with van der Waals surface area (Å²) in [7, 11) is 0. The Labute approximate surface area is 186 Å². The SMILES string of the molecule is O=C(NC1CC1)C(Sc1ncc(-c2ccccc2)n1-c1ccccc1)c1ccccc1. The molecule has 1 N–H and O–H groups in total. The number of amides is 1. The van der Waals surface area contributed by atoms with E-state index in [9.17, 15) is 4.79 Å². The van der Waals surface area contributed by atoms with Crippen LogP contribution in [-0.2, 0) is 4.79 Å². The third-order valence-corrected chi connectivity index (χ3v) is 6.52. The molecule has 1 amide bonds. The number of rotatable bonds is 7. The molecule has 4 nitrogen and oxygen atoms in total. The molecule has 0 bridgehead atoms. The molecule has 0 radical (unpaired) electrons. The Morgan fingerprint density at radius 2 is 1.52 bits per heavy atom. The number of nitrogens with one attached hydrogen (secondary N) is 1. The Bertz CT molecular complexity index is 1160. The van der Waals surface area contributed by atoms with Gasteiger partial charge in [-0.15, -0.1) is 0 Å². The minimum atomic E-state index is -0.365. The molecule has 1 aromatic heterocycles. The normalized spacial score (nSPS) is 14.2. The number of nitrogens with zero attached hydrogens (tertiary/aromatic N) is 2. The number of benzene rings is 3. The maximum absolute atomic E-state index is 13.2. The largest absolute Gasteiger partial charge is 0.352 e. The van der Waals surface area contributed by atoms with Crippen molar-refractivity contribution in [2.75, 3.05) is 0 Å². The van der Waals surface area contributed by atoms with Gasteiger partial charge in [0.1, 0.15) is 5.25 Å². The number of carbonyl (C=O) groups is 1. The molecule has 31 heavy (non-hydrogen) atoms. The molecule has 4 aromatic rings. The van der Waals surface area contributed by atoms with E-state index in [0.717, 1.165) is 40.5 Å². The van der Waals surface area contributed by atoms with Crippen molar-refractivity contribution in [3.8, 4) is 16.9 Å². The lowest BCUT2D eigenvalue weighted by Crippen LogP contribution is -2.29. The van der Waals surface area contributed by atoms with E-state index in [4.69, 9.17) is 4.98 Å². The van der Waals surface area contributed by atoms with Gasteiger partial charge in [0.25, 0.3) is 0 Å². The van der Waals surface area contributed by atoms with Crippen molar-refractivity contribution in [3.63, 3.8) is 0 Å². The summed E-state index contributed by atoms with van der Waals surface area (Å²) in [6.07, 6.45) is 4.02. The minimum absolute atomic E-state index is 0.0440. The van der Waals surface area contributed by atoms with Crippen LogP contribution in [0.4, 0.5) is 0 Å². The van der Waals surface area contributed by atoms with Crippen LogP contribution < -0.4 is 5.32 Å². The first-order valence-corrected chi connectivity index (χ1v) is 11.4. The van der Waals surface area contributed by atoms with Crippen LogP contribution in [0.3, 0.4) is 0 Å². The van der Waals surface area contributed by atoms with E-state index in [1.54, 1.807) is 0 Å². The molecular weight excluding hydrogens is 402 g/mol. The van der Waals surface area contributed by atoms with Crippen molar-refractivity contribution in [3.05, 3.63) is 103 Å². The van der Waals surface area contributed by atoms with Crippen molar-refractivity contribution in [1.82, 2.24) is 14.9 Å². The predicted octanol–water partition coefficient (Wildman–Crippen LogP) is 5.65. The molecule has 1 atom stereocenters. The Kier molecular flexibility index (Phi) is 5.59. The summed E-state index contributed by atoms with van der Waals surface area (Å²) in [5.74, 6) is 0.0440. The van der Waals surface area contributed by atoms with E-state index in [2.05, 4.69) is 34.1 Å². The van der Waals surface area contributed by atoms with E-state index in [1.807, 2.05) is 72.9 Å². The van der Waals surface area contributed by atoms with Gasteiger partial charge in [-0.2, -0.15) is 0 Å². The van der Waals surface area contributed by atoms with Gasteiger partial charge >= 0.3 is 0 Å². The van der Waals surface area contributed by atoms with Crippen LogP contribution in [-0.4, -0.2) is 21.5 Å². The van der Waals surface area contributed by atoms with Crippen molar-refractivity contribution in [2.45, 2.75) is 29.3 Å². The molecule has 0 saturated heterocycles. The standard InChI is InChI=1S/C26H23N3OS/c30-25(28-21-16-17-21)24(20-12-6-2-7-13-20)31-26-27-18-23(19-10-4-1-5-11-19)29(26)22-14-8-3-9-15-22/h1-15,18,21,24H,16-17H2,(H,28,30). The zero-order chi connectivity index (χ0) is 21.0. The van der Waals surface area contributed by atoms with Crippen molar-refractivity contribution >= 4 is 17.7 Å². The number of thioether (sulfide) groups is 1. The first kappa shape index (κ1) is 19.6. The molecular formula is C26H23N3OS. The second kappa shape index (κ2) is 8.82. The lowest BCUT2D eigenvalue weighted by Gasteiger charge is -2.18. The summed E-state index contributed by atoms with van der Waals surface area (Å²) in [6, 6.07) is 30.7. The molecule has 1 heterocycles. The Hall–Kier alpha value is -3.31. The lowest BCUT2D eigenvalue weighted by atomic mass is 10.1. The van der Waals surface area contributed by atoms with Gasteiger partial charge in [0.05, 0.1) is 11.9 Å². The van der Waals surface area contributed by atoms with Crippen LogP contribution in [0.5, 0.6) is 0 Å². The zero-order valence-corrected chi connectivity index (χ0v) is 17.8. The van der Waals surface area contributed by atoms with Crippen LogP contribution in [0.1, 0.15) is 23.7 Å². The van der Waals surface area contributed by atoms with Crippen molar-refractivity contribution in [1.29, 1.82) is 0 Å². The van der Waals surface area contributed by atoms with Crippen LogP contribution in [0.15, 0.2) is 102 Å². The van der Waals surface area contributed by atoms with E-state index >= 15 is 0 Å². The average Bonchev–Trinajstić information content (AvgIpc) is 3.54. The number of hydrogen-bond acceptors (Lipinski definition) is 3. The summed E-state index contributed by atoms with van der Waals surface area (Å²) in [4.78, 5) is 17.9. The van der Waals surface area contributed by atoms with Gasteiger partial charge < -0.3 is 5.32 Å². The fourth-order valence-electron chi connectivity index (χ4n) is 3.57.